The first-order valence-electron chi connectivity index (χ1n) is 5.39. The molecule has 0 unspecified atom stereocenters. The zero-order chi connectivity index (χ0) is 14.5. The lowest BCUT2D eigenvalue weighted by atomic mass is 10.2. The van der Waals surface area contributed by atoms with Gasteiger partial charge in [0.05, 0.1) is 17.4 Å². The topological polar surface area (TPSA) is 97.7 Å². The van der Waals surface area contributed by atoms with Crippen molar-refractivity contribution in [3.05, 3.63) is 63.1 Å². The number of rotatable bonds is 4. The van der Waals surface area contributed by atoms with Crippen molar-refractivity contribution >= 4 is 29.4 Å². The minimum Gasteiger partial charge on any atom is -0.459 e. The molecule has 0 saturated heterocycles. The molecule has 0 bridgehead atoms. The fraction of sp³-hybridized carbons (Fsp3) is 0. The van der Waals surface area contributed by atoms with E-state index < -0.39 is 10.8 Å². The second-order valence-corrected chi connectivity index (χ2v) is 4.05. The standard InChI is InChI=1S/C12H8ClN3O4/c13-9-4-3-8(6-10(9)16(18)19)7-14-15-12(17)11-2-1-5-20-11/h1-7H,(H,15,17)/b14-7+. The van der Waals surface area contributed by atoms with Gasteiger partial charge in [-0.25, -0.2) is 5.43 Å². The summed E-state index contributed by atoms with van der Waals surface area (Å²) in [5.41, 5.74) is 2.43. The van der Waals surface area contributed by atoms with Gasteiger partial charge in [0.15, 0.2) is 5.76 Å². The number of hydrogen-bond donors (Lipinski definition) is 1. The first-order valence-corrected chi connectivity index (χ1v) is 5.76. The summed E-state index contributed by atoms with van der Waals surface area (Å²) in [7, 11) is 0. The smallest absolute Gasteiger partial charge is 0.307 e. The highest BCUT2D eigenvalue weighted by Crippen LogP contribution is 2.24. The van der Waals surface area contributed by atoms with Gasteiger partial charge in [-0.15, -0.1) is 0 Å². The van der Waals surface area contributed by atoms with E-state index in [-0.39, 0.29) is 16.5 Å². The Morgan fingerprint density at radius 1 is 1.45 bits per heavy atom. The van der Waals surface area contributed by atoms with E-state index in [0.717, 1.165) is 0 Å². The third-order valence-electron chi connectivity index (χ3n) is 2.29. The van der Waals surface area contributed by atoms with Crippen LogP contribution in [0.4, 0.5) is 5.69 Å². The molecule has 0 saturated carbocycles. The zero-order valence-corrected chi connectivity index (χ0v) is 10.7. The summed E-state index contributed by atoms with van der Waals surface area (Å²) in [6.45, 7) is 0. The van der Waals surface area contributed by atoms with Gasteiger partial charge in [0.1, 0.15) is 5.02 Å². The van der Waals surface area contributed by atoms with Crippen LogP contribution >= 0.6 is 11.6 Å². The number of furan rings is 1. The minimum absolute atomic E-state index is 0.0340. The van der Waals surface area contributed by atoms with Gasteiger partial charge in [0, 0.05) is 11.6 Å². The van der Waals surface area contributed by atoms with Crippen molar-refractivity contribution in [3.63, 3.8) is 0 Å². The number of nitrogens with zero attached hydrogens (tertiary/aromatic N) is 2. The van der Waals surface area contributed by atoms with Crippen LogP contribution in [-0.2, 0) is 0 Å². The van der Waals surface area contributed by atoms with Gasteiger partial charge in [-0.2, -0.15) is 5.10 Å². The number of benzene rings is 1. The highest BCUT2D eigenvalue weighted by atomic mass is 35.5. The molecule has 102 valence electrons. The monoisotopic (exact) mass is 293 g/mol. The maximum absolute atomic E-state index is 11.5. The van der Waals surface area contributed by atoms with E-state index in [1.54, 1.807) is 6.07 Å². The van der Waals surface area contributed by atoms with Crippen molar-refractivity contribution in [3.8, 4) is 0 Å². The number of nitro groups is 1. The van der Waals surface area contributed by atoms with E-state index in [9.17, 15) is 14.9 Å². The number of halogens is 1. The van der Waals surface area contributed by atoms with E-state index in [2.05, 4.69) is 10.5 Å². The Kier molecular flexibility index (Phi) is 4.11. The fourth-order valence-corrected chi connectivity index (χ4v) is 1.56. The number of nitro benzene ring substituents is 1. The number of amides is 1. The molecule has 1 N–H and O–H groups in total. The van der Waals surface area contributed by atoms with Crippen molar-refractivity contribution in [1.82, 2.24) is 5.43 Å². The molecule has 0 spiro atoms. The highest BCUT2D eigenvalue weighted by molar-refractivity contribution is 6.32. The normalized spacial score (nSPS) is 10.7. The molecule has 2 rings (SSSR count). The van der Waals surface area contributed by atoms with Gasteiger partial charge in [-0.1, -0.05) is 17.7 Å². The number of carbonyl (C=O) groups excluding carboxylic acids is 1. The number of nitrogens with one attached hydrogen (secondary N) is 1. The predicted molar refractivity (Wildman–Crippen MR) is 71.9 cm³/mol. The first-order chi connectivity index (χ1) is 9.58. The van der Waals surface area contributed by atoms with Crippen molar-refractivity contribution in [1.29, 1.82) is 0 Å². The molecule has 8 heteroatoms. The highest BCUT2D eigenvalue weighted by Gasteiger charge is 2.12. The molecule has 0 aliphatic rings. The van der Waals surface area contributed by atoms with Gasteiger partial charge < -0.3 is 4.42 Å². The van der Waals surface area contributed by atoms with Gasteiger partial charge in [-0.3, -0.25) is 14.9 Å². The van der Waals surface area contributed by atoms with E-state index in [4.69, 9.17) is 16.0 Å². The quantitative estimate of drug-likeness (QED) is 0.532. The summed E-state index contributed by atoms with van der Waals surface area (Å²) in [4.78, 5) is 21.6. The van der Waals surface area contributed by atoms with Crippen molar-refractivity contribution in [2.45, 2.75) is 0 Å². The van der Waals surface area contributed by atoms with Gasteiger partial charge >= 0.3 is 5.91 Å². The molecule has 0 radical (unpaired) electrons. The van der Waals surface area contributed by atoms with Crippen LogP contribution in [0.3, 0.4) is 0 Å². The van der Waals surface area contributed by atoms with E-state index in [1.165, 1.54) is 36.7 Å². The molecular weight excluding hydrogens is 286 g/mol. The maximum Gasteiger partial charge on any atom is 0.307 e. The Morgan fingerprint density at radius 2 is 2.25 bits per heavy atom. The summed E-state index contributed by atoms with van der Waals surface area (Å²) in [6.07, 6.45) is 2.63. The molecule has 2 aromatic rings. The van der Waals surface area contributed by atoms with Crippen LogP contribution in [-0.4, -0.2) is 17.0 Å². The molecule has 1 aromatic heterocycles. The lowest BCUT2D eigenvalue weighted by Gasteiger charge is -1.97. The van der Waals surface area contributed by atoms with Crippen molar-refractivity contribution < 1.29 is 14.1 Å². The summed E-state index contributed by atoms with van der Waals surface area (Å²) in [6, 6.07) is 7.23. The molecule has 20 heavy (non-hydrogen) atoms. The Labute approximate surface area is 118 Å². The molecule has 0 aliphatic heterocycles. The lowest BCUT2D eigenvalue weighted by molar-refractivity contribution is -0.384. The summed E-state index contributed by atoms with van der Waals surface area (Å²) >= 11 is 5.67. The minimum atomic E-state index is -0.596. The number of hydrazone groups is 1. The van der Waals surface area contributed by atoms with E-state index in [1.807, 2.05) is 0 Å². The summed E-state index contributed by atoms with van der Waals surface area (Å²) in [5, 5.41) is 14.4. The Balaban J connectivity index is 2.07. The second kappa shape index (κ2) is 5.98. The molecule has 7 nitrogen and oxygen atoms in total. The average Bonchev–Trinajstić information content (AvgIpc) is 2.94. The summed E-state index contributed by atoms with van der Waals surface area (Å²) in [5.74, 6) is -0.404. The van der Waals surface area contributed by atoms with Crippen LogP contribution in [0, 0.1) is 10.1 Å². The van der Waals surface area contributed by atoms with Crippen LogP contribution in [0.1, 0.15) is 16.1 Å². The number of hydrogen-bond acceptors (Lipinski definition) is 5. The fourth-order valence-electron chi connectivity index (χ4n) is 1.38. The molecule has 0 aliphatic carbocycles. The van der Waals surface area contributed by atoms with Gasteiger partial charge in [0.25, 0.3) is 5.69 Å². The molecule has 1 aromatic carbocycles. The average molecular weight is 294 g/mol. The third kappa shape index (κ3) is 3.21. The SMILES string of the molecule is O=C(N/N=C/c1ccc(Cl)c([N+](=O)[O-])c1)c1ccco1. The second-order valence-electron chi connectivity index (χ2n) is 3.64. The third-order valence-corrected chi connectivity index (χ3v) is 2.61. The Bertz CT molecular complexity index is 667. The lowest BCUT2D eigenvalue weighted by Crippen LogP contribution is -2.16. The van der Waals surface area contributed by atoms with Gasteiger partial charge in [-0.05, 0) is 18.2 Å². The van der Waals surface area contributed by atoms with Crippen LogP contribution < -0.4 is 5.43 Å². The van der Waals surface area contributed by atoms with Crippen molar-refractivity contribution in [2.24, 2.45) is 5.10 Å². The van der Waals surface area contributed by atoms with E-state index in [0.29, 0.717) is 5.56 Å². The van der Waals surface area contributed by atoms with Crippen molar-refractivity contribution in [2.75, 3.05) is 0 Å². The molecule has 1 amide bonds. The van der Waals surface area contributed by atoms with E-state index >= 15 is 0 Å². The first kappa shape index (κ1) is 13.8. The van der Waals surface area contributed by atoms with Crippen LogP contribution in [0.25, 0.3) is 0 Å². The number of carbonyl (C=O) groups is 1. The molecule has 1 heterocycles. The Morgan fingerprint density at radius 3 is 2.90 bits per heavy atom. The zero-order valence-electron chi connectivity index (χ0n) is 9.95. The predicted octanol–water partition coefficient (Wildman–Crippen LogP) is 2.61. The Hall–Kier alpha value is -2.67. The van der Waals surface area contributed by atoms with Crippen LogP contribution in [0.5, 0.6) is 0 Å². The molecular formula is C12H8ClN3O4. The van der Waals surface area contributed by atoms with Gasteiger partial charge in [0.2, 0.25) is 0 Å². The van der Waals surface area contributed by atoms with Crippen LogP contribution in [0.2, 0.25) is 5.02 Å². The summed E-state index contributed by atoms with van der Waals surface area (Å²) < 4.78 is 4.87. The largest absolute Gasteiger partial charge is 0.459 e. The molecule has 0 fully saturated rings. The molecule has 0 atom stereocenters. The maximum atomic E-state index is 11.5. The van der Waals surface area contributed by atoms with Crippen LogP contribution in [0.15, 0.2) is 46.1 Å².